The van der Waals surface area contributed by atoms with E-state index in [1.165, 1.54) is 12.8 Å². The Kier molecular flexibility index (Phi) is 5.24. The van der Waals surface area contributed by atoms with E-state index in [-0.39, 0.29) is 18.6 Å². The van der Waals surface area contributed by atoms with Gasteiger partial charge in [-0.2, -0.15) is 0 Å². The lowest BCUT2D eigenvalue weighted by atomic mass is 10.3. The molecule has 1 fully saturated rings. The molecule has 1 aliphatic heterocycles. The zero-order chi connectivity index (χ0) is 14.4. The highest BCUT2D eigenvalue weighted by Crippen LogP contribution is 2.14. The predicted molar refractivity (Wildman–Crippen MR) is 79.6 cm³/mol. The number of benzene rings is 1. The largest absolute Gasteiger partial charge is 0.484 e. The van der Waals surface area contributed by atoms with Crippen molar-refractivity contribution in [1.82, 2.24) is 10.2 Å². The molecule has 0 bridgehead atoms. The summed E-state index contributed by atoms with van der Waals surface area (Å²) < 4.78 is 5.41. The highest BCUT2D eigenvalue weighted by Gasteiger charge is 2.16. The van der Waals surface area contributed by atoms with Gasteiger partial charge in [-0.1, -0.05) is 6.07 Å². The molecule has 0 radical (unpaired) electrons. The molecule has 1 aromatic carbocycles. The first-order valence-corrected chi connectivity index (χ1v) is 7.13. The van der Waals surface area contributed by atoms with Crippen LogP contribution >= 0.6 is 0 Å². The van der Waals surface area contributed by atoms with Crippen LogP contribution in [0.2, 0.25) is 0 Å². The normalized spacial score (nSPS) is 16.9. The van der Waals surface area contributed by atoms with E-state index in [4.69, 9.17) is 10.5 Å². The lowest BCUT2D eigenvalue weighted by molar-refractivity contribution is -0.123. The summed E-state index contributed by atoms with van der Waals surface area (Å²) in [4.78, 5) is 14.2. The SMILES string of the molecule is CC(CN1CCCC1)NC(=O)COc1cccc(N)c1. The minimum atomic E-state index is -0.0980. The fraction of sp³-hybridized carbons (Fsp3) is 0.533. The summed E-state index contributed by atoms with van der Waals surface area (Å²) >= 11 is 0. The van der Waals surface area contributed by atoms with Crippen molar-refractivity contribution in [2.45, 2.75) is 25.8 Å². The molecule has 5 heteroatoms. The Bertz CT molecular complexity index is 444. The number of nitrogens with one attached hydrogen (secondary N) is 1. The van der Waals surface area contributed by atoms with Gasteiger partial charge in [0.25, 0.3) is 5.91 Å². The third-order valence-corrected chi connectivity index (χ3v) is 3.37. The summed E-state index contributed by atoms with van der Waals surface area (Å²) in [6.45, 7) is 5.23. The first-order chi connectivity index (χ1) is 9.63. The fourth-order valence-electron chi connectivity index (χ4n) is 2.47. The molecule has 0 aromatic heterocycles. The Labute approximate surface area is 120 Å². The lowest BCUT2D eigenvalue weighted by Gasteiger charge is -2.21. The van der Waals surface area contributed by atoms with E-state index in [9.17, 15) is 4.79 Å². The Morgan fingerprint density at radius 2 is 2.20 bits per heavy atom. The van der Waals surface area contributed by atoms with E-state index < -0.39 is 0 Å². The van der Waals surface area contributed by atoms with Crippen LogP contribution < -0.4 is 15.8 Å². The molecule has 1 amide bonds. The van der Waals surface area contributed by atoms with Gasteiger partial charge in [0, 0.05) is 24.3 Å². The van der Waals surface area contributed by atoms with Gasteiger partial charge < -0.3 is 20.7 Å². The second kappa shape index (κ2) is 7.14. The first-order valence-electron chi connectivity index (χ1n) is 7.13. The van der Waals surface area contributed by atoms with Crippen LogP contribution in [0.15, 0.2) is 24.3 Å². The standard InChI is InChI=1S/C15H23N3O2/c1-12(10-18-7-2-3-8-18)17-15(19)11-20-14-6-4-5-13(16)9-14/h4-6,9,12H,2-3,7-8,10-11,16H2,1H3,(H,17,19). The third-order valence-electron chi connectivity index (χ3n) is 3.37. The van der Waals surface area contributed by atoms with Crippen LogP contribution in [0.25, 0.3) is 0 Å². The number of nitrogens with zero attached hydrogens (tertiary/aromatic N) is 1. The van der Waals surface area contributed by atoms with Gasteiger partial charge in [-0.25, -0.2) is 0 Å². The van der Waals surface area contributed by atoms with Crippen LogP contribution in [-0.2, 0) is 4.79 Å². The molecule has 5 nitrogen and oxygen atoms in total. The van der Waals surface area contributed by atoms with Crippen molar-refractivity contribution in [2.75, 3.05) is 32.0 Å². The number of nitrogens with two attached hydrogens (primary N) is 1. The number of rotatable bonds is 6. The van der Waals surface area contributed by atoms with Crippen LogP contribution in [0.1, 0.15) is 19.8 Å². The van der Waals surface area contributed by atoms with E-state index in [2.05, 4.69) is 10.2 Å². The number of amides is 1. The molecule has 3 N–H and O–H groups in total. The number of carbonyl (C=O) groups excluding carboxylic acids is 1. The summed E-state index contributed by atoms with van der Waals surface area (Å²) in [5.74, 6) is 0.520. The quantitative estimate of drug-likeness (QED) is 0.768. The van der Waals surface area contributed by atoms with Crippen molar-refractivity contribution in [3.8, 4) is 5.75 Å². The van der Waals surface area contributed by atoms with E-state index in [0.717, 1.165) is 19.6 Å². The first kappa shape index (κ1) is 14.7. The van der Waals surface area contributed by atoms with E-state index in [1.807, 2.05) is 6.92 Å². The van der Waals surface area contributed by atoms with Crippen molar-refractivity contribution >= 4 is 11.6 Å². The second-order valence-electron chi connectivity index (χ2n) is 5.34. The molecule has 1 aliphatic rings. The smallest absolute Gasteiger partial charge is 0.258 e. The average Bonchev–Trinajstić information content (AvgIpc) is 2.89. The lowest BCUT2D eigenvalue weighted by Crippen LogP contribution is -2.42. The fourth-order valence-corrected chi connectivity index (χ4v) is 2.47. The topological polar surface area (TPSA) is 67.6 Å². The number of carbonyl (C=O) groups is 1. The summed E-state index contributed by atoms with van der Waals surface area (Å²) in [6, 6.07) is 7.23. The van der Waals surface area contributed by atoms with Gasteiger partial charge in [-0.3, -0.25) is 4.79 Å². The summed E-state index contributed by atoms with van der Waals surface area (Å²) in [5, 5.41) is 2.95. The van der Waals surface area contributed by atoms with Crippen LogP contribution in [0.5, 0.6) is 5.75 Å². The summed E-state index contributed by atoms with van der Waals surface area (Å²) in [7, 11) is 0. The number of nitrogen functional groups attached to an aromatic ring is 1. The Balaban J connectivity index is 1.69. The van der Waals surface area contributed by atoms with Crippen LogP contribution in [0, 0.1) is 0 Å². The van der Waals surface area contributed by atoms with Gasteiger partial charge in [0.05, 0.1) is 0 Å². The molecular weight excluding hydrogens is 254 g/mol. The van der Waals surface area contributed by atoms with Crippen molar-refractivity contribution in [3.63, 3.8) is 0 Å². The molecule has 0 aliphatic carbocycles. The van der Waals surface area contributed by atoms with E-state index in [1.54, 1.807) is 24.3 Å². The molecule has 20 heavy (non-hydrogen) atoms. The summed E-state index contributed by atoms with van der Waals surface area (Å²) in [5.41, 5.74) is 6.28. The second-order valence-corrected chi connectivity index (χ2v) is 5.34. The van der Waals surface area contributed by atoms with Crippen molar-refractivity contribution in [2.24, 2.45) is 0 Å². The maximum atomic E-state index is 11.8. The zero-order valence-electron chi connectivity index (χ0n) is 12.0. The van der Waals surface area contributed by atoms with Gasteiger partial charge in [0.1, 0.15) is 5.75 Å². The maximum Gasteiger partial charge on any atom is 0.258 e. The number of hydrogen-bond donors (Lipinski definition) is 2. The highest BCUT2D eigenvalue weighted by atomic mass is 16.5. The van der Waals surface area contributed by atoms with Crippen LogP contribution in [-0.4, -0.2) is 43.1 Å². The van der Waals surface area contributed by atoms with Gasteiger partial charge in [0.15, 0.2) is 6.61 Å². The van der Waals surface area contributed by atoms with Gasteiger partial charge in [-0.05, 0) is 45.0 Å². The number of ether oxygens (including phenoxy) is 1. The molecule has 0 saturated carbocycles. The van der Waals surface area contributed by atoms with Crippen molar-refractivity contribution in [3.05, 3.63) is 24.3 Å². The predicted octanol–water partition coefficient (Wildman–Crippen LogP) is 1.25. The zero-order valence-corrected chi connectivity index (χ0v) is 12.0. The molecule has 110 valence electrons. The van der Waals surface area contributed by atoms with Crippen LogP contribution in [0.4, 0.5) is 5.69 Å². The molecule has 1 aromatic rings. The molecule has 2 rings (SSSR count). The van der Waals surface area contributed by atoms with E-state index in [0.29, 0.717) is 11.4 Å². The maximum absolute atomic E-state index is 11.8. The third kappa shape index (κ3) is 4.74. The molecule has 1 atom stereocenters. The molecule has 1 saturated heterocycles. The Hall–Kier alpha value is -1.75. The minimum absolute atomic E-state index is 0.0216. The van der Waals surface area contributed by atoms with Crippen molar-refractivity contribution in [1.29, 1.82) is 0 Å². The number of hydrogen-bond acceptors (Lipinski definition) is 4. The minimum Gasteiger partial charge on any atom is -0.484 e. The van der Waals surface area contributed by atoms with Crippen LogP contribution in [0.3, 0.4) is 0 Å². The monoisotopic (exact) mass is 277 g/mol. The number of anilines is 1. The highest BCUT2D eigenvalue weighted by molar-refractivity contribution is 5.77. The van der Waals surface area contributed by atoms with Gasteiger partial charge >= 0.3 is 0 Å². The molecule has 1 heterocycles. The number of likely N-dealkylation sites (tertiary alicyclic amines) is 1. The van der Waals surface area contributed by atoms with Crippen molar-refractivity contribution < 1.29 is 9.53 Å². The molecular formula is C15H23N3O2. The Morgan fingerprint density at radius 1 is 1.45 bits per heavy atom. The Morgan fingerprint density at radius 3 is 2.90 bits per heavy atom. The van der Waals surface area contributed by atoms with Gasteiger partial charge in [0.2, 0.25) is 0 Å². The van der Waals surface area contributed by atoms with Gasteiger partial charge in [-0.15, -0.1) is 0 Å². The van der Waals surface area contributed by atoms with E-state index >= 15 is 0 Å². The molecule has 0 spiro atoms. The summed E-state index contributed by atoms with van der Waals surface area (Å²) in [6.07, 6.45) is 2.53. The average molecular weight is 277 g/mol. The molecule has 1 unspecified atom stereocenters.